The number of nitrogens with zero attached hydrogens (tertiary/aromatic N) is 2. The summed E-state index contributed by atoms with van der Waals surface area (Å²) in [7, 11) is 0. The first-order valence-electron chi connectivity index (χ1n) is 1.96. The standard InChI is InChI=1S/C3H6N2/c1-2-5-3-4(1)5/h1-3H2. The Labute approximate surface area is 30.9 Å². The van der Waals surface area contributed by atoms with E-state index in [2.05, 4.69) is 10.0 Å². The lowest BCUT2D eigenvalue weighted by molar-refractivity contribution is 0.197. The monoisotopic (exact) mass is 70.1 g/mol. The lowest BCUT2D eigenvalue weighted by Gasteiger charge is -2.10. The predicted molar refractivity (Wildman–Crippen MR) is 18.3 cm³/mol. The van der Waals surface area contributed by atoms with Gasteiger partial charge in [0.05, 0.1) is 6.67 Å². The topological polar surface area (TPSA) is 6.02 Å². The smallest absolute Gasteiger partial charge is 0.0788 e. The highest BCUT2D eigenvalue weighted by molar-refractivity contribution is 4.79. The zero-order valence-electron chi connectivity index (χ0n) is 3.02. The molecule has 0 aliphatic carbocycles. The molecule has 0 bridgehead atoms. The molecule has 28 valence electrons. The van der Waals surface area contributed by atoms with E-state index >= 15 is 0 Å². The van der Waals surface area contributed by atoms with Crippen molar-refractivity contribution in [2.75, 3.05) is 19.8 Å². The summed E-state index contributed by atoms with van der Waals surface area (Å²) < 4.78 is 0. The first kappa shape index (κ1) is 2.16. The minimum Gasteiger partial charge on any atom is -0.224 e. The molecule has 2 nitrogen and oxygen atoms in total. The average molecular weight is 70.1 g/mol. The molecule has 0 saturated carbocycles. The van der Waals surface area contributed by atoms with Crippen molar-refractivity contribution in [3.05, 3.63) is 0 Å². The van der Waals surface area contributed by atoms with Gasteiger partial charge < -0.3 is 0 Å². The van der Waals surface area contributed by atoms with Crippen molar-refractivity contribution < 1.29 is 0 Å². The van der Waals surface area contributed by atoms with Crippen LogP contribution in [0.4, 0.5) is 0 Å². The molecule has 2 heterocycles. The van der Waals surface area contributed by atoms with E-state index in [-0.39, 0.29) is 0 Å². The Hall–Kier alpha value is -0.0800. The molecule has 0 aromatic heterocycles. The van der Waals surface area contributed by atoms with Crippen molar-refractivity contribution in [1.29, 1.82) is 0 Å². The lowest BCUT2D eigenvalue weighted by Crippen LogP contribution is -2.26. The van der Waals surface area contributed by atoms with Gasteiger partial charge in [-0.25, -0.2) is 10.0 Å². The Morgan fingerprint density at radius 2 is 1.60 bits per heavy atom. The lowest BCUT2D eigenvalue weighted by atomic mass is 10.6. The molecule has 2 heteroatoms. The molecule has 2 atom stereocenters. The number of fused-ring (bicyclic) bond motifs is 1. The summed E-state index contributed by atoms with van der Waals surface area (Å²) in [6.45, 7) is 3.89. The summed E-state index contributed by atoms with van der Waals surface area (Å²) in [4.78, 5) is 0. The Morgan fingerprint density at radius 3 is 1.60 bits per heavy atom. The van der Waals surface area contributed by atoms with Crippen molar-refractivity contribution in [2.24, 2.45) is 0 Å². The van der Waals surface area contributed by atoms with E-state index in [1.165, 1.54) is 19.8 Å². The third-order valence-electron chi connectivity index (χ3n) is 1.26. The Bertz CT molecular complexity index is 49.9. The van der Waals surface area contributed by atoms with Crippen molar-refractivity contribution in [1.82, 2.24) is 10.0 Å². The van der Waals surface area contributed by atoms with Gasteiger partial charge in [0, 0.05) is 13.1 Å². The SMILES string of the molecule is C1CN2CN12. The maximum Gasteiger partial charge on any atom is 0.0788 e. The summed E-state index contributed by atoms with van der Waals surface area (Å²) in [5.74, 6) is 0. The van der Waals surface area contributed by atoms with Crippen molar-refractivity contribution in [3.63, 3.8) is 0 Å². The summed E-state index contributed by atoms with van der Waals surface area (Å²) in [6.07, 6.45) is 0. The van der Waals surface area contributed by atoms with Crippen LogP contribution in [-0.2, 0) is 0 Å². The highest BCUT2D eigenvalue weighted by Crippen LogP contribution is 2.22. The van der Waals surface area contributed by atoms with Crippen LogP contribution in [-0.4, -0.2) is 29.8 Å². The molecule has 0 amide bonds. The van der Waals surface area contributed by atoms with E-state index in [1.807, 2.05) is 0 Å². The number of rotatable bonds is 0. The fourth-order valence-corrected chi connectivity index (χ4v) is 0.684. The Morgan fingerprint density at radius 1 is 1.00 bits per heavy atom. The zero-order valence-corrected chi connectivity index (χ0v) is 3.02. The first-order valence-corrected chi connectivity index (χ1v) is 1.96. The summed E-state index contributed by atoms with van der Waals surface area (Å²) in [5.41, 5.74) is 0. The van der Waals surface area contributed by atoms with Crippen LogP contribution >= 0.6 is 0 Å². The van der Waals surface area contributed by atoms with Crippen molar-refractivity contribution >= 4 is 0 Å². The molecule has 2 aliphatic rings. The third-order valence-corrected chi connectivity index (χ3v) is 1.26. The van der Waals surface area contributed by atoms with Crippen LogP contribution in [0.1, 0.15) is 0 Å². The van der Waals surface area contributed by atoms with Crippen LogP contribution in [0, 0.1) is 0 Å². The molecular weight excluding hydrogens is 64.0 g/mol. The summed E-state index contributed by atoms with van der Waals surface area (Å²) >= 11 is 0. The minimum atomic E-state index is 1.25. The van der Waals surface area contributed by atoms with Gasteiger partial charge in [-0.1, -0.05) is 0 Å². The fraction of sp³-hybridized carbons (Fsp3) is 1.00. The Kier molecular flexibility index (Phi) is 0.181. The second kappa shape index (κ2) is 0.420. The van der Waals surface area contributed by atoms with Crippen LogP contribution in [0.5, 0.6) is 0 Å². The number of hydrogen-bond acceptors (Lipinski definition) is 2. The third kappa shape index (κ3) is 0.121. The van der Waals surface area contributed by atoms with Gasteiger partial charge in [0.1, 0.15) is 0 Å². The normalized spacial score (nSPS) is 57.6. The van der Waals surface area contributed by atoms with E-state index in [0.717, 1.165) is 0 Å². The Balaban J connectivity index is 2.19. The molecule has 0 aromatic rings. The molecular formula is C3H6N2. The van der Waals surface area contributed by atoms with Gasteiger partial charge in [-0.2, -0.15) is 0 Å². The van der Waals surface area contributed by atoms with Crippen molar-refractivity contribution in [3.8, 4) is 0 Å². The molecule has 2 rings (SSSR count). The van der Waals surface area contributed by atoms with Crippen molar-refractivity contribution in [2.45, 2.75) is 0 Å². The molecule has 0 spiro atoms. The predicted octanol–water partition coefficient (Wildman–Crippen LogP) is -0.510. The van der Waals surface area contributed by atoms with Gasteiger partial charge in [-0.05, 0) is 0 Å². The quantitative estimate of drug-likeness (QED) is 0.354. The van der Waals surface area contributed by atoms with Gasteiger partial charge in [-0.3, -0.25) is 0 Å². The molecule has 2 fully saturated rings. The van der Waals surface area contributed by atoms with Gasteiger partial charge in [0.15, 0.2) is 0 Å². The zero-order chi connectivity index (χ0) is 3.28. The van der Waals surface area contributed by atoms with Gasteiger partial charge in [0.2, 0.25) is 0 Å². The van der Waals surface area contributed by atoms with E-state index in [1.54, 1.807) is 0 Å². The van der Waals surface area contributed by atoms with Gasteiger partial charge in [-0.15, -0.1) is 0 Å². The summed E-state index contributed by atoms with van der Waals surface area (Å²) in [6, 6.07) is 0. The fourth-order valence-electron chi connectivity index (χ4n) is 0.684. The second-order valence-corrected chi connectivity index (χ2v) is 1.60. The van der Waals surface area contributed by atoms with E-state index in [4.69, 9.17) is 0 Å². The molecule has 2 unspecified atom stereocenters. The molecule has 5 heavy (non-hydrogen) atoms. The summed E-state index contributed by atoms with van der Waals surface area (Å²) in [5, 5.41) is 4.61. The molecule has 2 aliphatic heterocycles. The van der Waals surface area contributed by atoms with Crippen LogP contribution in [0.3, 0.4) is 0 Å². The minimum absolute atomic E-state index is 1.25. The first-order chi connectivity index (χ1) is 2.47. The van der Waals surface area contributed by atoms with Crippen LogP contribution in [0.15, 0.2) is 0 Å². The molecule has 0 N–H and O–H groups in total. The number of hydrogen-bond donors (Lipinski definition) is 0. The molecule has 0 aromatic carbocycles. The molecule has 2 saturated heterocycles. The van der Waals surface area contributed by atoms with Crippen LogP contribution < -0.4 is 0 Å². The van der Waals surface area contributed by atoms with Crippen LogP contribution in [0.2, 0.25) is 0 Å². The largest absolute Gasteiger partial charge is 0.224 e. The molecule has 0 radical (unpaired) electrons. The highest BCUT2D eigenvalue weighted by atomic mass is 15.9. The van der Waals surface area contributed by atoms with Gasteiger partial charge >= 0.3 is 0 Å². The number of hydrazine groups is 1. The maximum absolute atomic E-state index is 2.31. The van der Waals surface area contributed by atoms with Crippen LogP contribution in [0.25, 0.3) is 0 Å². The van der Waals surface area contributed by atoms with Gasteiger partial charge in [0.25, 0.3) is 0 Å². The van der Waals surface area contributed by atoms with E-state index < -0.39 is 0 Å². The van der Waals surface area contributed by atoms with E-state index in [9.17, 15) is 0 Å². The average Bonchev–Trinajstić information content (AvgIpc) is 1.74. The van der Waals surface area contributed by atoms with E-state index in [0.29, 0.717) is 0 Å². The second-order valence-electron chi connectivity index (χ2n) is 1.60. The highest BCUT2D eigenvalue weighted by Gasteiger charge is 2.38. The maximum atomic E-state index is 2.31.